The van der Waals surface area contributed by atoms with E-state index < -0.39 is 0 Å². The van der Waals surface area contributed by atoms with Gasteiger partial charge >= 0.3 is 0 Å². The second kappa shape index (κ2) is 4.54. The van der Waals surface area contributed by atoms with Crippen molar-refractivity contribution in [3.05, 3.63) is 29.3 Å². The van der Waals surface area contributed by atoms with Crippen molar-refractivity contribution in [3.8, 4) is 5.75 Å². The summed E-state index contributed by atoms with van der Waals surface area (Å²) in [5, 5.41) is 0. The Morgan fingerprint density at radius 3 is 2.67 bits per heavy atom. The fourth-order valence-electron chi connectivity index (χ4n) is 0.841. The zero-order valence-electron chi connectivity index (χ0n) is 7.11. The standard InChI is InChI=1S/C8H11NOP2/c1-6-3-4-8(5-7(6)2)10-12-9-11/h3-5H,11H2,1-2H3. The van der Waals surface area contributed by atoms with Gasteiger partial charge in [0.05, 0.1) is 0 Å². The molecule has 1 aromatic rings. The molecule has 1 rings (SSSR count). The van der Waals surface area contributed by atoms with E-state index in [1.54, 1.807) is 0 Å². The molecule has 0 saturated carbocycles. The first kappa shape index (κ1) is 9.64. The molecule has 1 aromatic carbocycles. The SMILES string of the molecule is Cc1ccc(OP=NP)cc1C. The van der Waals surface area contributed by atoms with Gasteiger partial charge in [-0.2, -0.15) is 0 Å². The molecule has 12 heavy (non-hydrogen) atoms. The summed E-state index contributed by atoms with van der Waals surface area (Å²) in [6.45, 7) is 4.15. The molecule has 1 unspecified atom stereocenters. The van der Waals surface area contributed by atoms with Crippen LogP contribution in [0.15, 0.2) is 22.7 Å². The predicted octanol–water partition coefficient (Wildman–Crippen LogP) is 3.52. The van der Waals surface area contributed by atoms with Gasteiger partial charge in [0.1, 0.15) is 5.75 Å². The van der Waals surface area contributed by atoms with Crippen LogP contribution < -0.4 is 4.52 Å². The van der Waals surface area contributed by atoms with Crippen molar-refractivity contribution in [2.45, 2.75) is 13.8 Å². The largest absolute Gasteiger partial charge is 0.423 e. The van der Waals surface area contributed by atoms with Crippen LogP contribution in [0.5, 0.6) is 5.75 Å². The Hall–Kier alpha value is -0.450. The van der Waals surface area contributed by atoms with Crippen LogP contribution >= 0.6 is 18.0 Å². The van der Waals surface area contributed by atoms with Crippen LogP contribution in [0.25, 0.3) is 0 Å². The van der Waals surface area contributed by atoms with E-state index in [1.165, 1.54) is 11.1 Å². The molecule has 0 aromatic heterocycles. The van der Waals surface area contributed by atoms with Crippen LogP contribution in [0.1, 0.15) is 11.1 Å². The van der Waals surface area contributed by atoms with Crippen molar-refractivity contribution >= 4 is 18.0 Å². The molecule has 0 saturated heterocycles. The highest BCUT2D eigenvalue weighted by atomic mass is 31.1. The third kappa shape index (κ3) is 2.55. The molecule has 1 atom stereocenters. The second-order valence-electron chi connectivity index (χ2n) is 2.53. The smallest absolute Gasteiger partial charge is 0.245 e. The summed E-state index contributed by atoms with van der Waals surface area (Å²) < 4.78 is 9.03. The van der Waals surface area contributed by atoms with E-state index in [2.05, 4.69) is 27.8 Å². The Bertz CT molecular complexity index is 299. The lowest BCUT2D eigenvalue weighted by atomic mass is 10.1. The average molecular weight is 199 g/mol. The van der Waals surface area contributed by atoms with E-state index in [0.717, 1.165) is 5.75 Å². The monoisotopic (exact) mass is 199 g/mol. The summed E-state index contributed by atoms with van der Waals surface area (Å²) in [7, 11) is 2.88. The highest BCUT2D eigenvalue weighted by molar-refractivity contribution is 7.31. The second-order valence-corrected chi connectivity index (χ2v) is 3.80. The Kier molecular flexibility index (Phi) is 3.65. The Morgan fingerprint density at radius 2 is 2.08 bits per heavy atom. The van der Waals surface area contributed by atoms with Gasteiger partial charge in [-0.1, -0.05) is 6.07 Å². The quantitative estimate of drug-likeness (QED) is 0.667. The topological polar surface area (TPSA) is 21.6 Å². The maximum atomic E-state index is 5.28. The lowest BCUT2D eigenvalue weighted by Gasteiger charge is -2.01. The lowest BCUT2D eigenvalue weighted by Crippen LogP contribution is -1.81. The lowest BCUT2D eigenvalue weighted by molar-refractivity contribution is 0.638. The first-order valence-electron chi connectivity index (χ1n) is 3.58. The zero-order chi connectivity index (χ0) is 8.97. The molecule has 0 aliphatic carbocycles. The van der Waals surface area contributed by atoms with E-state index in [4.69, 9.17) is 4.52 Å². The fourth-order valence-corrected chi connectivity index (χ4v) is 1.24. The molecule has 0 heterocycles. The first-order valence-corrected chi connectivity index (χ1v) is 4.86. The molecule has 0 spiro atoms. The van der Waals surface area contributed by atoms with E-state index in [9.17, 15) is 0 Å². The number of hydrogen-bond acceptors (Lipinski definition) is 2. The molecule has 0 aliphatic rings. The van der Waals surface area contributed by atoms with Crippen molar-refractivity contribution < 1.29 is 4.52 Å². The van der Waals surface area contributed by atoms with Crippen LogP contribution in [0.2, 0.25) is 0 Å². The van der Waals surface area contributed by atoms with Crippen molar-refractivity contribution in [1.82, 2.24) is 0 Å². The van der Waals surface area contributed by atoms with Gasteiger partial charge in [-0.3, -0.25) is 0 Å². The Balaban J connectivity index is 2.82. The molecule has 0 amide bonds. The third-order valence-electron chi connectivity index (χ3n) is 1.67. The summed E-state index contributed by atoms with van der Waals surface area (Å²) in [4.78, 5) is 0. The summed E-state index contributed by atoms with van der Waals surface area (Å²) in [5.74, 6) is 0.867. The molecule has 0 fully saturated rings. The minimum absolute atomic E-state index is 0.619. The van der Waals surface area contributed by atoms with Gasteiger partial charge in [0, 0.05) is 0 Å². The van der Waals surface area contributed by atoms with E-state index in [0.29, 0.717) is 8.60 Å². The van der Waals surface area contributed by atoms with Gasteiger partial charge in [-0.05, 0) is 46.5 Å². The molecule has 0 radical (unpaired) electrons. The van der Waals surface area contributed by atoms with Crippen molar-refractivity contribution in [2.75, 3.05) is 0 Å². The van der Waals surface area contributed by atoms with Gasteiger partial charge < -0.3 is 4.52 Å². The minimum atomic E-state index is 0.619. The number of nitrogens with zero attached hydrogens (tertiary/aromatic N) is 1. The zero-order valence-corrected chi connectivity index (χ0v) is 9.16. The molecule has 2 nitrogen and oxygen atoms in total. The summed E-state index contributed by atoms with van der Waals surface area (Å²) >= 11 is 0. The normalized spacial score (nSPS) is 10.6. The highest BCUT2D eigenvalue weighted by Gasteiger charge is 1.95. The van der Waals surface area contributed by atoms with Crippen molar-refractivity contribution in [1.29, 1.82) is 0 Å². The van der Waals surface area contributed by atoms with Crippen molar-refractivity contribution in [2.24, 2.45) is 4.52 Å². The Labute approximate surface area is 76.6 Å². The molecular weight excluding hydrogens is 188 g/mol. The molecule has 0 bridgehead atoms. The van der Waals surface area contributed by atoms with Gasteiger partial charge in [-0.15, -0.1) is 0 Å². The van der Waals surface area contributed by atoms with Crippen LogP contribution in [-0.2, 0) is 0 Å². The van der Waals surface area contributed by atoms with Gasteiger partial charge in [0.15, 0.2) is 0 Å². The van der Waals surface area contributed by atoms with E-state index in [1.807, 2.05) is 18.2 Å². The average Bonchev–Trinajstić information content (AvgIpc) is 2.07. The fraction of sp³-hybridized carbons (Fsp3) is 0.250. The van der Waals surface area contributed by atoms with E-state index >= 15 is 0 Å². The third-order valence-corrected chi connectivity index (χ3v) is 2.34. The van der Waals surface area contributed by atoms with Gasteiger partial charge in [0.2, 0.25) is 8.60 Å². The molecule has 64 valence electrons. The van der Waals surface area contributed by atoms with Gasteiger partial charge in [0.25, 0.3) is 0 Å². The summed E-state index contributed by atoms with van der Waals surface area (Å²) in [5.41, 5.74) is 2.52. The van der Waals surface area contributed by atoms with Crippen LogP contribution in [0.4, 0.5) is 0 Å². The maximum Gasteiger partial charge on any atom is 0.245 e. The summed E-state index contributed by atoms with van der Waals surface area (Å²) in [6, 6.07) is 6.01. The van der Waals surface area contributed by atoms with Crippen LogP contribution in [-0.4, -0.2) is 0 Å². The first-order chi connectivity index (χ1) is 5.74. The maximum absolute atomic E-state index is 5.28. The molecule has 4 heteroatoms. The Morgan fingerprint density at radius 1 is 1.33 bits per heavy atom. The van der Waals surface area contributed by atoms with Crippen molar-refractivity contribution in [3.63, 3.8) is 0 Å². The highest BCUT2D eigenvalue weighted by Crippen LogP contribution is 2.20. The van der Waals surface area contributed by atoms with Crippen LogP contribution in [0.3, 0.4) is 0 Å². The number of hydrogen-bond donors (Lipinski definition) is 0. The minimum Gasteiger partial charge on any atom is -0.423 e. The number of benzene rings is 1. The number of aryl methyl sites for hydroxylation is 2. The molecule has 0 N–H and O–H groups in total. The van der Waals surface area contributed by atoms with Gasteiger partial charge in [-0.25, -0.2) is 4.52 Å². The molecule has 0 aliphatic heterocycles. The number of rotatable bonds is 2. The predicted molar refractivity (Wildman–Crippen MR) is 55.6 cm³/mol. The molecular formula is C8H11NOP2. The van der Waals surface area contributed by atoms with E-state index in [-0.39, 0.29) is 0 Å². The van der Waals surface area contributed by atoms with Crippen LogP contribution in [0, 0.1) is 13.8 Å². The summed E-state index contributed by atoms with van der Waals surface area (Å²) in [6.07, 6.45) is 0.